The number of benzene rings is 1. The fourth-order valence-electron chi connectivity index (χ4n) is 1.91. The number of anilines is 1. The lowest BCUT2D eigenvalue weighted by atomic mass is 10.1. The first kappa shape index (κ1) is 9.46. The summed E-state index contributed by atoms with van der Waals surface area (Å²) in [4.78, 5) is 0. The summed E-state index contributed by atoms with van der Waals surface area (Å²) in [5, 5.41) is 10.9. The minimum Gasteiger partial charge on any atom is -0.365 e. The quantitative estimate of drug-likeness (QED) is 0.823. The molecule has 0 bridgehead atoms. The molecule has 1 fully saturated rings. The van der Waals surface area contributed by atoms with Crippen LogP contribution in [0.5, 0.6) is 0 Å². The van der Waals surface area contributed by atoms with Gasteiger partial charge in [-0.15, -0.1) is 0 Å². The van der Waals surface area contributed by atoms with Crippen LogP contribution in [0.1, 0.15) is 18.5 Å². The van der Waals surface area contributed by atoms with Crippen molar-refractivity contribution >= 4 is 5.82 Å². The highest BCUT2D eigenvalue weighted by molar-refractivity contribution is 5.77. The van der Waals surface area contributed by atoms with E-state index >= 15 is 0 Å². The van der Waals surface area contributed by atoms with E-state index in [0.717, 1.165) is 11.5 Å². The fraction of sp³-hybridized carbons (Fsp3) is 0.308. The third-order valence-electron chi connectivity index (χ3n) is 2.93. The van der Waals surface area contributed by atoms with Gasteiger partial charge in [-0.05, 0) is 25.3 Å². The van der Waals surface area contributed by atoms with Crippen LogP contribution in [0.15, 0.2) is 30.3 Å². The van der Waals surface area contributed by atoms with Crippen molar-refractivity contribution in [2.75, 3.05) is 5.32 Å². The van der Waals surface area contributed by atoms with Crippen LogP contribution in [0, 0.1) is 6.92 Å². The van der Waals surface area contributed by atoms with Gasteiger partial charge in [0.15, 0.2) is 5.82 Å². The molecule has 1 aromatic heterocycles. The molecule has 2 N–H and O–H groups in total. The van der Waals surface area contributed by atoms with Crippen LogP contribution in [0.4, 0.5) is 5.82 Å². The summed E-state index contributed by atoms with van der Waals surface area (Å²) in [6.45, 7) is 2.06. The first-order chi connectivity index (χ1) is 7.84. The average Bonchev–Trinajstić information content (AvgIpc) is 3.04. The Balaban J connectivity index is 2.01. The molecule has 3 rings (SSSR count). The Bertz CT molecular complexity index is 483. The lowest BCUT2D eigenvalue weighted by Crippen LogP contribution is -2.02. The zero-order valence-electron chi connectivity index (χ0n) is 9.33. The summed E-state index contributed by atoms with van der Waals surface area (Å²) < 4.78 is 0. The van der Waals surface area contributed by atoms with Crippen molar-refractivity contribution in [3.63, 3.8) is 0 Å². The first-order valence-electron chi connectivity index (χ1n) is 5.71. The molecule has 1 aromatic carbocycles. The number of aromatic nitrogens is 2. The molecule has 2 aromatic rings. The van der Waals surface area contributed by atoms with Gasteiger partial charge in [0.25, 0.3) is 0 Å². The van der Waals surface area contributed by atoms with E-state index in [1.807, 2.05) is 6.07 Å². The maximum Gasteiger partial charge on any atom is 0.156 e. The van der Waals surface area contributed by atoms with Crippen LogP contribution < -0.4 is 5.32 Å². The third kappa shape index (κ3) is 1.69. The Morgan fingerprint density at radius 3 is 2.69 bits per heavy atom. The summed E-state index contributed by atoms with van der Waals surface area (Å²) in [5.41, 5.74) is 3.54. The van der Waals surface area contributed by atoms with Gasteiger partial charge < -0.3 is 5.32 Å². The van der Waals surface area contributed by atoms with Gasteiger partial charge in [-0.25, -0.2) is 0 Å². The monoisotopic (exact) mass is 213 g/mol. The van der Waals surface area contributed by atoms with E-state index in [-0.39, 0.29) is 0 Å². The number of H-pyrrole nitrogens is 1. The number of rotatable bonds is 3. The van der Waals surface area contributed by atoms with Crippen LogP contribution in [0.25, 0.3) is 11.1 Å². The Morgan fingerprint density at radius 1 is 1.25 bits per heavy atom. The van der Waals surface area contributed by atoms with Gasteiger partial charge in [-0.2, -0.15) is 5.10 Å². The molecular formula is C13H15N3. The molecule has 82 valence electrons. The van der Waals surface area contributed by atoms with Crippen molar-refractivity contribution in [1.82, 2.24) is 10.2 Å². The van der Waals surface area contributed by atoms with Gasteiger partial charge in [0.05, 0.1) is 0 Å². The molecular weight excluding hydrogens is 198 g/mol. The summed E-state index contributed by atoms with van der Waals surface area (Å²) in [6.07, 6.45) is 2.53. The molecule has 0 spiro atoms. The number of hydrogen-bond donors (Lipinski definition) is 2. The minimum absolute atomic E-state index is 0.630. The SMILES string of the molecule is Cc1[nH]nc(NC2CC2)c1-c1ccccc1. The predicted octanol–water partition coefficient (Wildman–Crippen LogP) is 2.96. The maximum absolute atomic E-state index is 4.34. The van der Waals surface area contributed by atoms with E-state index in [4.69, 9.17) is 0 Å². The molecule has 1 aliphatic carbocycles. The first-order valence-corrected chi connectivity index (χ1v) is 5.71. The molecule has 16 heavy (non-hydrogen) atoms. The second-order valence-electron chi connectivity index (χ2n) is 4.36. The van der Waals surface area contributed by atoms with E-state index in [9.17, 15) is 0 Å². The van der Waals surface area contributed by atoms with E-state index in [2.05, 4.69) is 46.7 Å². The van der Waals surface area contributed by atoms with Crippen molar-refractivity contribution in [2.45, 2.75) is 25.8 Å². The molecule has 0 atom stereocenters. The van der Waals surface area contributed by atoms with Gasteiger partial charge in [0.1, 0.15) is 0 Å². The highest BCUT2D eigenvalue weighted by Crippen LogP contribution is 2.32. The molecule has 1 heterocycles. The summed E-state index contributed by atoms with van der Waals surface area (Å²) in [7, 11) is 0. The minimum atomic E-state index is 0.630. The Labute approximate surface area is 94.9 Å². The fourth-order valence-corrected chi connectivity index (χ4v) is 1.91. The van der Waals surface area contributed by atoms with Crippen molar-refractivity contribution < 1.29 is 0 Å². The number of hydrogen-bond acceptors (Lipinski definition) is 2. The normalized spacial score (nSPS) is 15.1. The number of aromatic amines is 1. The van der Waals surface area contributed by atoms with E-state index in [0.29, 0.717) is 6.04 Å². The van der Waals surface area contributed by atoms with Crippen LogP contribution >= 0.6 is 0 Å². The maximum atomic E-state index is 4.34. The van der Waals surface area contributed by atoms with Crippen LogP contribution in [-0.2, 0) is 0 Å². The van der Waals surface area contributed by atoms with E-state index in [1.54, 1.807) is 0 Å². The number of aryl methyl sites for hydroxylation is 1. The van der Waals surface area contributed by atoms with Crippen LogP contribution in [-0.4, -0.2) is 16.2 Å². The summed E-state index contributed by atoms with van der Waals surface area (Å²) in [6, 6.07) is 11.0. The van der Waals surface area contributed by atoms with Gasteiger partial charge in [-0.3, -0.25) is 5.10 Å². The highest BCUT2D eigenvalue weighted by Gasteiger charge is 2.24. The van der Waals surface area contributed by atoms with Crippen LogP contribution in [0.2, 0.25) is 0 Å². The van der Waals surface area contributed by atoms with Gasteiger partial charge in [0, 0.05) is 17.3 Å². The Kier molecular flexibility index (Phi) is 2.17. The zero-order chi connectivity index (χ0) is 11.0. The highest BCUT2D eigenvalue weighted by atomic mass is 15.2. The molecule has 3 nitrogen and oxygen atoms in total. The largest absolute Gasteiger partial charge is 0.365 e. The molecule has 0 unspecified atom stereocenters. The molecule has 1 saturated carbocycles. The summed E-state index contributed by atoms with van der Waals surface area (Å²) in [5.74, 6) is 0.992. The molecule has 0 radical (unpaired) electrons. The number of nitrogens with zero attached hydrogens (tertiary/aromatic N) is 1. The third-order valence-corrected chi connectivity index (χ3v) is 2.93. The molecule has 0 amide bonds. The second kappa shape index (κ2) is 3.67. The lowest BCUT2D eigenvalue weighted by molar-refractivity contribution is 1.02. The Morgan fingerprint density at radius 2 is 2.00 bits per heavy atom. The predicted molar refractivity (Wildman–Crippen MR) is 65.4 cm³/mol. The molecule has 0 saturated heterocycles. The molecule has 1 aliphatic rings. The smallest absolute Gasteiger partial charge is 0.156 e. The van der Waals surface area contributed by atoms with Crippen molar-refractivity contribution in [2.24, 2.45) is 0 Å². The van der Waals surface area contributed by atoms with E-state index in [1.165, 1.54) is 24.0 Å². The van der Waals surface area contributed by atoms with Crippen molar-refractivity contribution in [1.29, 1.82) is 0 Å². The second-order valence-corrected chi connectivity index (χ2v) is 4.36. The van der Waals surface area contributed by atoms with Crippen LogP contribution in [0.3, 0.4) is 0 Å². The van der Waals surface area contributed by atoms with E-state index < -0.39 is 0 Å². The Hall–Kier alpha value is -1.77. The summed E-state index contributed by atoms with van der Waals surface area (Å²) >= 11 is 0. The lowest BCUT2D eigenvalue weighted by Gasteiger charge is -2.05. The number of nitrogens with one attached hydrogen (secondary N) is 2. The van der Waals surface area contributed by atoms with Crippen molar-refractivity contribution in [3.05, 3.63) is 36.0 Å². The average molecular weight is 213 g/mol. The molecule has 3 heteroatoms. The van der Waals surface area contributed by atoms with Gasteiger partial charge in [0.2, 0.25) is 0 Å². The zero-order valence-corrected chi connectivity index (χ0v) is 9.33. The van der Waals surface area contributed by atoms with Gasteiger partial charge in [-0.1, -0.05) is 30.3 Å². The topological polar surface area (TPSA) is 40.7 Å². The van der Waals surface area contributed by atoms with Crippen molar-refractivity contribution in [3.8, 4) is 11.1 Å². The standard InChI is InChI=1S/C13H15N3/c1-9-12(10-5-3-2-4-6-10)13(16-15-9)14-11-7-8-11/h2-6,11H,7-8H2,1H3,(H2,14,15,16). The molecule has 0 aliphatic heterocycles. The van der Waals surface area contributed by atoms with Gasteiger partial charge >= 0.3 is 0 Å².